The lowest BCUT2D eigenvalue weighted by molar-refractivity contribution is 0.308. The highest BCUT2D eigenvalue weighted by molar-refractivity contribution is 7.92. The van der Waals surface area contributed by atoms with Gasteiger partial charge in [-0.3, -0.25) is 4.72 Å². The zero-order valence-corrected chi connectivity index (χ0v) is 21.7. The van der Waals surface area contributed by atoms with Gasteiger partial charge < -0.3 is 15.2 Å². The second kappa shape index (κ2) is 11.7. The van der Waals surface area contributed by atoms with Crippen molar-refractivity contribution in [1.29, 1.82) is 0 Å². The van der Waals surface area contributed by atoms with Gasteiger partial charge in [0.2, 0.25) is 5.88 Å². The Hall–Kier alpha value is -3.90. The number of nitrogens with zero attached hydrogens (tertiary/aromatic N) is 3. The smallest absolute Gasteiger partial charge is 0.264 e. The average Bonchev–Trinajstić information content (AvgIpc) is 2.88. The number of hydrogen-bond acceptors (Lipinski definition) is 8. The van der Waals surface area contributed by atoms with Crippen LogP contribution in [0.15, 0.2) is 53.8 Å². The summed E-state index contributed by atoms with van der Waals surface area (Å²) >= 11 is 0. The van der Waals surface area contributed by atoms with E-state index in [2.05, 4.69) is 19.7 Å². The Labute approximate surface area is 219 Å². The summed E-state index contributed by atoms with van der Waals surface area (Å²) in [6, 6.07) is 7.36. The summed E-state index contributed by atoms with van der Waals surface area (Å²) < 4.78 is 67.0. The second-order valence-electron chi connectivity index (χ2n) is 8.49. The fraction of sp³-hybridized carbons (Fsp3) is 0.269. The maximum atomic E-state index is 14.2. The molecule has 0 aliphatic carbocycles. The van der Waals surface area contributed by atoms with Crippen LogP contribution in [0.25, 0.3) is 22.0 Å². The van der Waals surface area contributed by atoms with Crippen LogP contribution in [0.5, 0.6) is 11.6 Å². The lowest BCUT2D eigenvalue weighted by atomic mass is 10.0. The van der Waals surface area contributed by atoms with E-state index in [-0.39, 0.29) is 11.6 Å². The molecular weight excluding hydrogens is 516 g/mol. The van der Waals surface area contributed by atoms with E-state index in [1.807, 2.05) is 13.0 Å². The highest BCUT2D eigenvalue weighted by Crippen LogP contribution is 2.35. The van der Waals surface area contributed by atoms with E-state index in [1.54, 1.807) is 6.07 Å². The van der Waals surface area contributed by atoms with Crippen molar-refractivity contribution in [3.8, 4) is 22.8 Å². The molecule has 0 radical (unpaired) electrons. The first-order valence-electron chi connectivity index (χ1n) is 11.8. The van der Waals surface area contributed by atoms with Crippen LogP contribution in [0.3, 0.4) is 0 Å². The normalized spacial score (nSPS) is 11.5. The third kappa shape index (κ3) is 5.97. The minimum absolute atomic E-state index is 0.0286. The molecule has 2 heterocycles. The van der Waals surface area contributed by atoms with Gasteiger partial charge >= 0.3 is 0 Å². The van der Waals surface area contributed by atoms with Gasteiger partial charge in [0.15, 0.2) is 0 Å². The van der Waals surface area contributed by atoms with Gasteiger partial charge in [-0.25, -0.2) is 32.2 Å². The first kappa shape index (κ1) is 27.1. The SMILES string of the molecule is COc1ncc(-c2cc(OCCCCCN)c3ncnc(C)c3c2)cc1NS(=O)(=O)c1ccc(F)cc1F. The van der Waals surface area contributed by atoms with Crippen molar-refractivity contribution >= 4 is 26.6 Å². The zero-order valence-electron chi connectivity index (χ0n) is 20.9. The molecule has 0 aliphatic heterocycles. The Morgan fingerprint density at radius 3 is 2.55 bits per heavy atom. The van der Waals surface area contributed by atoms with Crippen LogP contribution >= 0.6 is 0 Å². The maximum Gasteiger partial charge on any atom is 0.264 e. The van der Waals surface area contributed by atoms with Crippen molar-refractivity contribution < 1.29 is 26.7 Å². The quantitative estimate of drug-likeness (QED) is 0.263. The van der Waals surface area contributed by atoms with Crippen molar-refractivity contribution in [1.82, 2.24) is 15.0 Å². The third-order valence-corrected chi connectivity index (χ3v) is 7.21. The number of hydrogen-bond donors (Lipinski definition) is 2. The number of nitrogens with two attached hydrogens (primary N) is 1. The number of methoxy groups -OCH3 is 1. The summed E-state index contributed by atoms with van der Waals surface area (Å²) in [4.78, 5) is 12.2. The Balaban J connectivity index is 1.73. The summed E-state index contributed by atoms with van der Waals surface area (Å²) in [6.45, 7) is 2.94. The Kier molecular flexibility index (Phi) is 8.32. The molecule has 4 aromatic rings. The molecule has 38 heavy (non-hydrogen) atoms. The van der Waals surface area contributed by atoms with Crippen LogP contribution in [-0.2, 0) is 10.0 Å². The predicted molar refractivity (Wildman–Crippen MR) is 140 cm³/mol. The van der Waals surface area contributed by atoms with Crippen molar-refractivity contribution in [2.24, 2.45) is 5.73 Å². The zero-order chi connectivity index (χ0) is 27.3. The monoisotopic (exact) mass is 543 g/mol. The Morgan fingerprint density at radius 1 is 1.00 bits per heavy atom. The van der Waals surface area contributed by atoms with Gasteiger partial charge in [-0.1, -0.05) is 0 Å². The van der Waals surface area contributed by atoms with Crippen LogP contribution in [0.2, 0.25) is 0 Å². The van der Waals surface area contributed by atoms with Gasteiger partial charge in [0.1, 0.15) is 39.8 Å². The molecule has 12 heteroatoms. The number of rotatable bonds is 11. The van der Waals surface area contributed by atoms with Crippen LogP contribution in [0.4, 0.5) is 14.5 Å². The van der Waals surface area contributed by atoms with E-state index < -0.39 is 26.6 Å². The number of aryl methyl sites for hydroxylation is 1. The molecule has 0 bridgehead atoms. The number of unbranched alkanes of at least 4 members (excludes halogenated alkanes) is 2. The first-order chi connectivity index (χ1) is 18.2. The van der Waals surface area contributed by atoms with Gasteiger partial charge in [0.05, 0.1) is 13.7 Å². The molecule has 0 aliphatic rings. The van der Waals surface area contributed by atoms with Crippen LogP contribution in [-0.4, -0.2) is 43.6 Å². The molecule has 0 atom stereocenters. The second-order valence-corrected chi connectivity index (χ2v) is 10.1. The lowest BCUT2D eigenvalue weighted by Crippen LogP contribution is -2.15. The van der Waals surface area contributed by atoms with Crippen molar-refractivity contribution in [2.75, 3.05) is 25.0 Å². The number of halogens is 2. The fourth-order valence-corrected chi connectivity index (χ4v) is 4.99. The molecule has 4 rings (SSSR count). The van der Waals surface area contributed by atoms with E-state index in [4.69, 9.17) is 15.2 Å². The third-order valence-electron chi connectivity index (χ3n) is 5.81. The highest BCUT2D eigenvalue weighted by atomic mass is 32.2. The van der Waals surface area contributed by atoms with E-state index >= 15 is 0 Å². The number of pyridine rings is 1. The largest absolute Gasteiger partial charge is 0.491 e. The minimum atomic E-state index is -4.43. The number of sulfonamides is 1. The van der Waals surface area contributed by atoms with Crippen LogP contribution in [0, 0.1) is 18.6 Å². The first-order valence-corrected chi connectivity index (χ1v) is 13.3. The molecule has 3 N–H and O–H groups in total. The van der Waals surface area contributed by atoms with Gasteiger partial charge in [-0.15, -0.1) is 0 Å². The number of fused-ring (bicyclic) bond motifs is 1. The highest BCUT2D eigenvalue weighted by Gasteiger charge is 2.22. The van der Waals surface area contributed by atoms with Gasteiger partial charge in [0, 0.05) is 28.9 Å². The standard InChI is InChI=1S/C26H27F2N5O4S/c1-16-20-10-17(12-23(25(20)32-15-31-16)37-9-5-3-4-8-29)18-11-22(26(36-2)30-14-18)33-38(34,35)24-7-6-19(27)13-21(24)28/h6-7,10-15,33H,3-5,8-9,29H2,1-2H3. The molecule has 2 aromatic carbocycles. The molecule has 0 amide bonds. The summed E-state index contributed by atoms with van der Waals surface area (Å²) in [5.41, 5.74) is 8.11. The number of nitrogens with one attached hydrogen (secondary N) is 1. The van der Waals surface area contributed by atoms with Crippen molar-refractivity contribution in [2.45, 2.75) is 31.1 Å². The molecule has 0 spiro atoms. The van der Waals surface area contributed by atoms with Crippen molar-refractivity contribution in [3.63, 3.8) is 0 Å². The van der Waals surface area contributed by atoms with E-state index in [0.29, 0.717) is 41.6 Å². The van der Waals surface area contributed by atoms with Gasteiger partial charge in [0.25, 0.3) is 10.0 Å². The summed E-state index contributed by atoms with van der Waals surface area (Å²) in [5, 5.41) is 0.758. The van der Waals surface area contributed by atoms with Gasteiger partial charge in [-0.05, 0) is 68.6 Å². The van der Waals surface area contributed by atoms with Crippen LogP contribution in [0.1, 0.15) is 25.0 Å². The number of anilines is 1. The molecule has 0 unspecified atom stereocenters. The molecular formula is C26H27F2N5O4S. The molecule has 0 fully saturated rings. The van der Waals surface area contributed by atoms with Crippen molar-refractivity contribution in [3.05, 3.63) is 66.3 Å². The number of aromatic nitrogens is 3. The average molecular weight is 544 g/mol. The summed E-state index contributed by atoms with van der Waals surface area (Å²) in [5.74, 6) is -1.60. The van der Waals surface area contributed by atoms with E-state index in [1.165, 1.54) is 25.7 Å². The maximum absolute atomic E-state index is 14.2. The molecule has 9 nitrogen and oxygen atoms in total. The summed E-state index contributed by atoms with van der Waals surface area (Å²) in [6.07, 6.45) is 5.64. The molecule has 0 saturated heterocycles. The Morgan fingerprint density at radius 2 is 1.82 bits per heavy atom. The summed E-state index contributed by atoms with van der Waals surface area (Å²) in [7, 11) is -3.10. The van der Waals surface area contributed by atoms with Gasteiger partial charge in [-0.2, -0.15) is 0 Å². The topological polar surface area (TPSA) is 129 Å². The van der Waals surface area contributed by atoms with E-state index in [0.717, 1.165) is 42.5 Å². The lowest BCUT2D eigenvalue weighted by Gasteiger charge is -2.15. The van der Waals surface area contributed by atoms with E-state index in [9.17, 15) is 17.2 Å². The fourth-order valence-electron chi connectivity index (χ4n) is 3.88. The minimum Gasteiger partial charge on any atom is -0.491 e. The Bertz CT molecular complexity index is 1570. The number of benzene rings is 2. The molecule has 200 valence electrons. The molecule has 0 saturated carbocycles. The predicted octanol–water partition coefficient (Wildman–Crippen LogP) is 4.60. The molecule has 2 aromatic heterocycles. The number of ether oxygens (including phenoxy) is 2. The van der Waals surface area contributed by atoms with Crippen LogP contribution < -0.4 is 19.9 Å².